The van der Waals surface area contributed by atoms with Crippen LogP contribution in [-0.4, -0.2) is 32.8 Å². The van der Waals surface area contributed by atoms with Crippen LogP contribution in [-0.2, 0) is 0 Å². The Morgan fingerprint density at radius 2 is 1.82 bits per heavy atom. The number of phenolic OH excluding ortho intramolecular Hbond substituents is 1. The zero-order valence-corrected chi connectivity index (χ0v) is 16.5. The number of aromatic hydroxyl groups is 1. The molecule has 0 bridgehead atoms. The number of phenols is 1. The van der Waals surface area contributed by atoms with Gasteiger partial charge in [-0.05, 0) is 69.2 Å². The van der Waals surface area contributed by atoms with Crippen LogP contribution >= 0.6 is 0 Å². The number of fused-ring (bicyclic) bond motifs is 1. The fourth-order valence-corrected chi connectivity index (χ4v) is 3.49. The molecule has 3 aromatic rings. The van der Waals surface area contributed by atoms with Crippen LogP contribution < -0.4 is 9.47 Å². The van der Waals surface area contributed by atoms with Crippen molar-refractivity contribution in [3.8, 4) is 29.1 Å². The highest BCUT2D eigenvalue weighted by Crippen LogP contribution is 2.33. The molecule has 1 N–H and O–H groups in total. The summed E-state index contributed by atoms with van der Waals surface area (Å²) in [6.45, 7) is 6.24. The Morgan fingerprint density at radius 3 is 2.50 bits per heavy atom. The number of aromatic nitrogens is 3. The van der Waals surface area contributed by atoms with Gasteiger partial charge in [-0.25, -0.2) is 4.98 Å². The minimum absolute atomic E-state index is 0.140. The highest BCUT2D eigenvalue weighted by atomic mass is 16.5. The summed E-state index contributed by atoms with van der Waals surface area (Å²) in [4.78, 5) is 13.4. The first-order chi connectivity index (χ1) is 13.5. The van der Waals surface area contributed by atoms with Gasteiger partial charge in [0, 0.05) is 5.56 Å². The van der Waals surface area contributed by atoms with Crippen LogP contribution in [0.15, 0.2) is 16.5 Å². The average Bonchev–Trinajstić information content (AvgIpc) is 3.33. The summed E-state index contributed by atoms with van der Waals surface area (Å²) in [6, 6.07) is 3.94. The van der Waals surface area contributed by atoms with Gasteiger partial charge in [-0.3, -0.25) is 0 Å². The summed E-state index contributed by atoms with van der Waals surface area (Å²) in [6.07, 6.45) is 5.35. The second-order valence-corrected chi connectivity index (χ2v) is 7.32. The van der Waals surface area contributed by atoms with E-state index in [-0.39, 0.29) is 17.9 Å². The molecule has 2 heterocycles. The first-order valence-corrected chi connectivity index (χ1v) is 9.83. The average molecular weight is 383 g/mol. The molecule has 0 radical (unpaired) electrons. The van der Waals surface area contributed by atoms with E-state index >= 15 is 0 Å². The van der Waals surface area contributed by atoms with E-state index < -0.39 is 0 Å². The van der Waals surface area contributed by atoms with Crippen molar-refractivity contribution in [2.75, 3.05) is 6.61 Å². The molecule has 1 aromatic carbocycles. The van der Waals surface area contributed by atoms with E-state index in [0.29, 0.717) is 29.6 Å². The molecule has 0 amide bonds. The van der Waals surface area contributed by atoms with Crippen LogP contribution in [0.3, 0.4) is 0 Å². The summed E-state index contributed by atoms with van der Waals surface area (Å²) in [7, 11) is 0. The lowest BCUT2D eigenvalue weighted by Crippen LogP contribution is -2.13. The highest BCUT2D eigenvalue weighted by Gasteiger charge is 2.22. The molecule has 0 atom stereocenters. The van der Waals surface area contributed by atoms with Gasteiger partial charge in [0.1, 0.15) is 11.9 Å². The Hall–Kier alpha value is -2.83. The topological polar surface area (TPSA) is 90.5 Å². The third-order valence-corrected chi connectivity index (χ3v) is 4.96. The van der Waals surface area contributed by atoms with Gasteiger partial charge >= 0.3 is 6.01 Å². The molecule has 1 saturated carbocycles. The Morgan fingerprint density at radius 1 is 1.11 bits per heavy atom. The van der Waals surface area contributed by atoms with Crippen molar-refractivity contribution in [1.82, 2.24) is 15.0 Å². The number of hydrogen-bond acceptors (Lipinski definition) is 7. The lowest BCUT2D eigenvalue weighted by Gasteiger charge is -2.11. The van der Waals surface area contributed by atoms with Crippen molar-refractivity contribution >= 4 is 11.2 Å². The van der Waals surface area contributed by atoms with E-state index in [0.717, 1.165) is 48.8 Å². The minimum Gasteiger partial charge on any atom is -0.507 e. The number of benzene rings is 1. The first kappa shape index (κ1) is 18.5. The summed E-state index contributed by atoms with van der Waals surface area (Å²) in [5.41, 5.74) is 3.11. The number of rotatable bonds is 6. The fourth-order valence-electron chi connectivity index (χ4n) is 3.49. The Bertz CT molecular complexity index is 970. The molecule has 1 aliphatic carbocycles. The predicted octanol–water partition coefficient (Wildman–Crippen LogP) is 4.72. The summed E-state index contributed by atoms with van der Waals surface area (Å²) in [5, 5.41) is 10.0. The van der Waals surface area contributed by atoms with Gasteiger partial charge in [-0.15, -0.1) is 0 Å². The minimum atomic E-state index is 0.140. The number of aryl methyl sites for hydroxylation is 2. The number of oxazole rings is 1. The third kappa shape index (κ3) is 3.61. The van der Waals surface area contributed by atoms with Crippen molar-refractivity contribution in [2.45, 2.75) is 59.0 Å². The zero-order chi connectivity index (χ0) is 19.7. The van der Waals surface area contributed by atoms with Crippen LogP contribution in [0.4, 0.5) is 0 Å². The van der Waals surface area contributed by atoms with Crippen LogP contribution in [0, 0.1) is 13.8 Å². The maximum atomic E-state index is 10.0. The molecule has 0 saturated heterocycles. The summed E-state index contributed by atoms with van der Waals surface area (Å²) < 4.78 is 17.7. The van der Waals surface area contributed by atoms with Crippen molar-refractivity contribution < 1.29 is 19.0 Å². The second kappa shape index (κ2) is 7.66. The Kier molecular flexibility index (Phi) is 5.07. The van der Waals surface area contributed by atoms with Crippen molar-refractivity contribution in [2.24, 2.45) is 0 Å². The lowest BCUT2D eigenvalue weighted by molar-refractivity contribution is 0.188. The van der Waals surface area contributed by atoms with Gasteiger partial charge < -0.3 is 19.0 Å². The molecule has 4 rings (SSSR count). The molecule has 0 spiro atoms. The van der Waals surface area contributed by atoms with Crippen LogP contribution in [0.1, 0.15) is 50.2 Å². The molecule has 0 aliphatic heterocycles. The SMILES string of the molecule is CCCOc1nc(OC2CCCC2)nc2oc(-c3cc(C)c(O)c(C)c3)nc12. The molecule has 28 heavy (non-hydrogen) atoms. The molecule has 1 fully saturated rings. The molecule has 0 unspecified atom stereocenters. The van der Waals surface area contributed by atoms with Crippen LogP contribution in [0.5, 0.6) is 17.6 Å². The zero-order valence-electron chi connectivity index (χ0n) is 16.5. The normalized spacial score (nSPS) is 14.7. The largest absolute Gasteiger partial charge is 0.507 e. The molecule has 7 heteroatoms. The van der Waals surface area contributed by atoms with E-state index in [1.165, 1.54) is 0 Å². The molecular weight excluding hydrogens is 358 g/mol. The van der Waals surface area contributed by atoms with E-state index in [1.807, 2.05) is 32.9 Å². The van der Waals surface area contributed by atoms with Gasteiger partial charge in [-0.2, -0.15) is 9.97 Å². The third-order valence-electron chi connectivity index (χ3n) is 4.96. The standard InChI is InChI=1S/C21H25N3O4/c1-4-9-26-19-16-20(24-21(23-19)27-15-7-5-6-8-15)28-18(22-16)14-10-12(2)17(25)13(3)11-14/h10-11,15,25H,4-9H2,1-3H3. The molecule has 2 aromatic heterocycles. The molecule has 1 aliphatic rings. The van der Waals surface area contributed by atoms with Gasteiger partial charge in [-0.1, -0.05) is 6.92 Å². The Balaban J connectivity index is 1.75. The maximum absolute atomic E-state index is 10.0. The summed E-state index contributed by atoms with van der Waals surface area (Å²) in [5.74, 6) is 1.07. The Labute approximate surface area is 163 Å². The second-order valence-electron chi connectivity index (χ2n) is 7.32. The number of nitrogens with zero attached hydrogens (tertiary/aromatic N) is 3. The van der Waals surface area contributed by atoms with E-state index in [1.54, 1.807) is 0 Å². The van der Waals surface area contributed by atoms with Crippen LogP contribution in [0.2, 0.25) is 0 Å². The van der Waals surface area contributed by atoms with Crippen molar-refractivity contribution in [3.05, 3.63) is 23.3 Å². The quantitative estimate of drug-likeness (QED) is 0.659. The molecule has 148 valence electrons. The van der Waals surface area contributed by atoms with E-state index in [2.05, 4.69) is 15.0 Å². The molecule has 7 nitrogen and oxygen atoms in total. The van der Waals surface area contributed by atoms with Gasteiger partial charge in [0.05, 0.1) is 6.61 Å². The van der Waals surface area contributed by atoms with E-state index in [4.69, 9.17) is 13.9 Å². The van der Waals surface area contributed by atoms with Gasteiger partial charge in [0.15, 0.2) is 5.52 Å². The maximum Gasteiger partial charge on any atom is 0.323 e. The van der Waals surface area contributed by atoms with Crippen molar-refractivity contribution in [3.63, 3.8) is 0 Å². The smallest absolute Gasteiger partial charge is 0.323 e. The van der Waals surface area contributed by atoms with Gasteiger partial charge in [0.25, 0.3) is 11.6 Å². The van der Waals surface area contributed by atoms with Crippen molar-refractivity contribution in [1.29, 1.82) is 0 Å². The fraction of sp³-hybridized carbons (Fsp3) is 0.476. The summed E-state index contributed by atoms with van der Waals surface area (Å²) >= 11 is 0. The van der Waals surface area contributed by atoms with Crippen LogP contribution in [0.25, 0.3) is 22.7 Å². The number of ether oxygens (including phenoxy) is 2. The monoisotopic (exact) mass is 383 g/mol. The highest BCUT2D eigenvalue weighted by molar-refractivity contribution is 5.78. The first-order valence-electron chi connectivity index (χ1n) is 9.83. The lowest BCUT2D eigenvalue weighted by atomic mass is 10.1. The number of hydrogen-bond donors (Lipinski definition) is 1. The van der Waals surface area contributed by atoms with E-state index in [9.17, 15) is 5.11 Å². The van der Waals surface area contributed by atoms with Gasteiger partial charge in [0.2, 0.25) is 5.89 Å². The molecular formula is C21H25N3O4. The predicted molar refractivity (Wildman–Crippen MR) is 105 cm³/mol.